The van der Waals surface area contributed by atoms with Gasteiger partial charge in [-0.3, -0.25) is 4.79 Å². The smallest absolute Gasteiger partial charge is 0.241 e. The van der Waals surface area contributed by atoms with Crippen molar-refractivity contribution in [2.45, 2.75) is 33.2 Å². The first-order valence-corrected chi connectivity index (χ1v) is 7.80. The molecule has 0 radical (unpaired) electrons. The number of unbranched alkanes of at least 4 members (excludes halogenated alkanes) is 1. The highest BCUT2D eigenvalue weighted by atomic mass is 16.2. The molecule has 0 spiro atoms. The summed E-state index contributed by atoms with van der Waals surface area (Å²) >= 11 is 0. The van der Waals surface area contributed by atoms with E-state index in [0.717, 1.165) is 24.9 Å². The molecule has 0 bridgehead atoms. The lowest BCUT2D eigenvalue weighted by atomic mass is 10.1. The molecule has 1 aromatic carbocycles. The highest BCUT2D eigenvalue weighted by molar-refractivity contribution is 5.86. The van der Waals surface area contributed by atoms with Crippen LogP contribution >= 0.6 is 0 Å². The van der Waals surface area contributed by atoms with Gasteiger partial charge in [0.25, 0.3) is 0 Å². The fourth-order valence-corrected chi connectivity index (χ4v) is 1.74. The number of aryl methyl sites for hydroxylation is 1. The third kappa shape index (κ3) is 7.11. The number of nitrogens with one attached hydrogen (secondary N) is 2. The highest BCUT2D eigenvalue weighted by Gasteiger charge is 2.05. The molecular weight excluding hydrogens is 276 g/mol. The lowest BCUT2D eigenvalue weighted by molar-refractivity contribution is -0.127. The molecule has 0 saturated carbocycles. The van der Waals surface area contributed by atoms with Gasteiger partial charge in [-0.05, 0) is 18.9 Å². The van der Waals surface area contributed by atoms with Crippen LogP contribution in [0.5, 0.6) is 0 Å². The fraction of sp³-hybridized carbons (Fsp3) is 0.529. The summed E-state index contributed by atoms with van der Waals surface area (Å²) in [5.41, 5.74) is 2.39. The van der Waals surface area contributed by atoms with E-state index < -0.39 is 0 Å². The van der Waals surface area contributed by atoms with E-state index in [2.05, 4.69) is 53.7 Å². The fourth-order valence-electron chi connectivity index (χ4n) is 1.74. The van der Waals surface area contributed by atoms with Gasteiger partial charge in [-0.15, -0.1) is 0 Å². The van der Waals surface area contributed by atoms with E-state index in [9.17, 15) is 4.79 Å². The van der Waals surface area contributed by atoms with Gasteiger partial charge in [-0.1, -0.05) is 43.2 Å². The second-order valence-corrected chi connectivity index (χ2v) is 5.57. The molecule has 5 heteroatoms. The monoisotopic (exact) mass is 304 g/mol. The molecule has 0 aromatic heterocycles. The Kier molecular flexibility index (Phi) is 8.04. The largest absolute Gasteiger partial charge is 0.356 e. The molecule has 0 heterocycles. The van der Waals surface area contributed by atoms with Crippen LogP contribution in [0.2, 0.25) is 0 Å². The van der Waals surface area contributed by atoms with Gasteiger partial charge < -0.3 is 15.5 Å². The molecule has 1 rings (SSSR count). The van der Waals surface area contributed by atoms with Crippen molar-refractivity contribution in [3.63, 3.8) is 0 Å². The molecule has 0 fully saturated rings. The molecule has 1 amide bonds. The number of aliphatic imine (C=N–C) groups is 1. The summed E-state index contributed by atoms with van der Waals surface area (Å²) in [5, 5.41) is 6.35. The molecular formula is C17H28N4O. The summed E-state index contributed by atoms with van der Waals surface area (Å²) in [7, 11) is 3.50. The third-order valence-electron chi connectivity index (χ3n) is 3.27. The van der Waals surface area contributed by atoms with Crippen LogP contribution in [0.15, 0.2) is 29.3 Å². The summed E-state index contributed by atoms with van der Waals surface area (Å²) < 4.78 is 0. The van der Waals surface area contributed by atoms with Gasteiger partial charge in [0.05, 0.1) is 13.1 Å². The van der Waals surface area contributed by atoms with Crippen molar-refractivity contribution in [3.8, 4) is 0 Å². The molecule has 0 unspecified atom stereocenters. The van der Waals surface area contributed by atoms with Crippen molar-refractivity contribution in [2.24, 2.45) is 4.99 Å². The standard InChI is InChI=1S/C17H28N4O/c1-5-6-11-18-17(20-13-16(22)21(3)4)19-12-15-9-7-14(2)8-10-15/h7-10H,5-6,11-13H2,1-4H3,(H2,18,19,20). The summed E-state index contributed by atoms with van der Waals surface area (Å²) in [5.74, 6) is 0.713. The van der Waals surface area contributed by atoms with E-state index >= 15 is 0 Å². The van der Waals surface area contributed by atoms with E-state index in [4.69, 9.17) is 0 Å². The first kappa shape index (κ1) is 18.0. The topological polar surface area (TPSA) is 56.7 Å². The van der Waals surface area contributed by atoms with Gasteiger partial charge in [0.2, 0.25) is 5.91 Å². The lowest BCUT2D eigenvalue weighted by Crippen LogP contribution is -2.43. The van der Waals surface area contributed by atoms with Crippen LogP contribution in [0, 0.1) is 6.92 Å². The Morgan fingerprint density at radius 2 is 1.86 bits per heavy atom. The summed E-state index contributed by atoms with van der Waals surface area (Å²) in [6.45, 7) is 5.91. The van der Waals surface area contributed by atoms with Crippen molar-refractivity contribution >= 4 is 11.9 Å². The number of carbonyl (C=O) groups is 1. The second-order valence-electron chi connectivity index (χ2n) is 5.57. The van der Waals surface area contributed by atoms with Crippen molar-refractivity contribution in [1.29, 1.82) is 0 Å². The Bertz CT molecular complexity index is 480. The average molecular weight is 304 g/mol. The predicted octanol–water partition coefficient (Wildman–Crippen LogP) is 1.92. The summed E-state index contributed by atoms with van der Waals surface area (Å²) in [6.07, 6.45) is 2.20. The zero-order chi connectivity index (χ0) is 16.4. The van der Waals surface area contributed by atoms with E-state index in [1.807, 2.05) is 0 Å². The Morgan fingerprint density at radius 3 is 2.45 bits per heavy atom. The number of benzene rings is 1. The van der Waals surface area contributed by atoms with Crippen molar-refractivity contribution in [1.82, 2.24) is 15.5 Å². The zero-order valence-electron chi connectivity index (χ0n) is 14.1. The minimum atomic E-state index is 0.0281. The molecule has 0 saturated heterocycles. The van der Waals surface area contributed by atoms with Gasteiger partial charge in [0, 0.05) is 20.6 Å². The van der Waals surface area contributed by atoms with Crippen molar-refractivity contribution in [3.05, 3.63) is 35.4 Å². The maximum absolute atomic E-state index is 11.7. The first-order chi connectivity index (χ1) is 10.5. The molecule has 0 aliphatic carbocycles. The zero-order valence-corrected chi connectivity index (χ0v) is 14.1. The van der Waals surface area contributed by atoms with E-state index in [0.29, 0.717) is 12.5 Å². The van der Waals surface area contributed by atoms with Crippen molar-refractivity contribution < 1.29 is 4.79 Å². The number of carbonyl (C=O) groups excluding carboxylic acids is 1. The number of likely N-dealkylation sites (N-methyl/N-ethyl adjacent to an activating group) is 1. The van der Waals surface area contributed by atoms with Gasteiger partial charge in [0.15, 0.2) is 5.96 Å². The van der Waals surface area contributed by atoms with Crippen LogP contribution in [0.3, 0.4) is 0 Å². The molecule has 1 aromatic rings. The molecule has 2 N–H and O–H groups in total. The van der Waals surface area contributed by atoms with Crippen LogP contribution in [-0.2, 0) is 11.3 Å². The van der Waals surface area contributed by atoms with Crippen LogP contribution in [0.1, 0.15) is 30.9 Å². The number of guanidine groups is 1. The first-order valence-electron chi connectivity index (χ1n) is 7.80. The number of hydrogen-bond donors (Lipinski definition) is 2. The Labute approximate surface area is 133 Å². The van der Waals surface area contributed by atoms with E-state index in [1.165, 1.54) is 5.56 Å². The highest BCUT2D eigenvalue weighted by Crippen LogP contribution is 2.04. The summed E-state index contributed by atoms with van der Waals surface area (Å²) in [4.78, 5) is 17.8. The average Bonchev–Trinajstić information content (AvgIpc) is 2.50. The molecule has 5 nitrogen and oxygen atoms in total. The second kappa shape index (κ2) is 9.82. The summed E-state index contributed by atoms with van der Waals surface area (Å²) in [6, 6.07) is 8.32. The van der Waals surface area contributed by atoms with Crippen LogP contribution in [0.4, 0.5) is 0 Å². The molecule has 0 atom stereocenters. The maximum Gasteiger partial charge on any atom is 0.241 e. The Balaban J connectivity index is 2.60. The van der Waals surface area contributed by atoms with Crippen molar-refractivity contribution in [2.75, 3.05) is 27.2 Å². The Hall–Kier alpha value is -2.04. The van der Waals surface area contributed by atoms with Gasteiger partial charge >= 0.3 is 0 Å². The molecule has 0 aliphatic rings. The minimum absolute atomic E-state index is 0.0281. The maximum atomic E-state index is 11.7. The predicted molar refractivity (Wildman–Crippen MR) is 91.9 cm³/mol. The van der Waals surface area contributed by atoms with Gasteiger partial charge in [-0.2, -0.15) is 0 Å². The van der Waals surface area contributed by atoms with E-state index in [1.54, 1.807) is 19.0 Å². The Morgan fingerprint density at radius 1 is 1.18 bits per heavy atom. The SMILES string of the molecule is CCCCNC(=NCc1ccc(C)cc1)NCC(=O)N(C)C. The van der Waals surface area contributed by atoms with Crippen LogP contribution in [0.25, 0.3) is 0 Å². The number of amides is 1. The third-order valence-corrected chi connectivity index (χ3v) is 3.27. The van der Waals surface area contributed by atoms with Crippen LogP contribution in [-0.4, -0.2) is 44.0 Å². The molecule has 0 aliphatic heterocycles. The van der Waals surface area contributed by atoms with Crippen LogP contribution < -0.4 is 10.6 Å². The van der Waals surface area contributed by atoms with Gasteiger partial charge in [-0.25, -0.2) is 4.99 Å². The number of nitrogens with zero attached hydrogens (tertiary/aromatic N) is 2. The lowest BCUT2D eigenvalue weighted by Gasteiger charge is -2.14. The number of hydrogen-bond acceptors (Lipinski definition) is 2. The molecule has 122 valence electrons. The minimum Gasteiger partial charge on any atom is -0.356 e. The quantitative estimate of drug-likeness (QED) is 0.460. The van der Waals surface area contributed by atoms with E-state index in [-0.39, 0.29) is 12.5 Å². The number of rotatable bonds is 7. The van der Waals surface area contributed by atoms with Gasteiger partial charge in [0.1, 0.15) is 0 Å². The normalized spacial score (nSPS) is 11.2. The molecule has 22 heavy (non-hydrogen) atoms.